The number of hydrogen-bond acceptors (Lipinski definition) is 5. The van der Waals surface area contributed by atoms with Crippen LogP contribution >= 0.6 is 11.3 Å². The van der Waals surface area contributed by atoms with Crippen LogP contribution in [-0.2, 0) is 16.1 Å². The van der Waals surface area contributed by atoms with Crippen LogP contribution in [0.4, 0.5) is 17.6 Å². The van der Waals surface area contributed by atoms with Crippen LogP contribution in [0.2, 0.25) is 0 Å². The van der Waals surface area contributed by atoms with E-state index in [9.17, 15) is 27.5 Å². The zero-order valence-corrected chi connectivity index (χ0v) is 15.9. The Balaban J connectivity index is 2.31. The molecule has 10 heteroatoms. The summed E-state index contributed by atoms with van der Waals surface area (Å²) in [5, 5.41) is 8.63. The van der Waals surface area contributed by atoms with Crippen molar-refractivity contribution in [3.8, 4) is 5.88 Å². The van der Waals surface area contributed by atoms with E-state index in [2.05, 4.69) is 4.98 Å². The quantitative estimate of drug-likeness (QED) is 0.389. The lowest BCUT2D eigenvalue weighted by atomic mass is 9.99. The Morgan fingerprint density at radius 1 is 1.36 bits per heavy atom. The lowest BCUT2D eigenvalue weighted by Crippen LogP contribution is -2.16. The molecule has 0 aliphatic carbocycles. The van der Waals surface area contributed by atoms with E-state index in [4.69, 9.17) is 9.47 Å². The molecule has 28 heavy (non-hydrogen) atoms. The molecule has 1 aromatic carbocycles. The molecule has 0 amide bonds. The number of hydrogen-bond donors (Lipinski definition) is 1. The topological polar surface area (TPSA) is 68.7 Å². The van der Waals surface area contributed by atoms with Gasteiger partial charge in [0, 0.05) is 0 Å². The number of ether oxygens (including phenoxy) is 2. The standard InChI is InChI=1S/C18H17F4NO4S/c1-9-4-5-12(13(8-26-3)17(24)25)11(6-9)7-27-15-10(2)28-16(23-15)14(19)18(20,21)22/h4-6,8,14H,7H2,1-3H3,(H,24,25)/b13-8+. The fraction of sp³-hybridized carbons (Fsp3) is 0.333. The second-order valence-corrected chi connectivity index (χ2v) is 7.07. The molecule has 5 nitrogen and oxygen atoms in total. The van der Waals surface area contributed by atoms with Crippen LogP contribution in [0.15, 0.2) is 24.5 Å². The van der Waals surface area contributed by atoms with Gasteiger partial charge >= 0.3 is 12.1 Å². The van der Waals surface area contributed by atoms with Crippen molar-refractivity contribution in [1.29, 1.82) is 0 Å². The largest absolute Gasteiger partial charge is 0.503 e. The Labute approximate surface area is 162 Å². The summed E-state index contributed by atoms with van der Waals surface area (Å²) in [6, 6.07) is 4.96. The molecule has 1 heterocycles. The third-order valence-corrected chi connectivity index (χ3v) is 4.64. The van der Waals surface area contributed by atoms with Crippen molar-refractivity contribution in [3.63, 3.8) is 0 Å². The van der Waals surface area contributed by atoms with Crippen molar-refractivity contribution < 1.29 is 36.9 Å². The molecule has 0 saturated carbocycles. The monoisotopic (exact) mass is 419 g/mol. The molecular formula is C18H17F4NO4S. The summed E-state index contributed by atoms with van der Waals surface area (Å²) in [5.74, 6) is -1.35. The van der Waals surface area contributed by atoms with Gasteiger partial charge in [0.25, 0.3) is 0 Å². The molecule has 0 spiro atoms. The summed E-state index contributed by atoms with van der Waals surface area (Å²) >= 11 is 0.555. The van der Waals surface area contributed by atoms with Crippen LogP contribution in [0.25, 0.3) is 5.57 Å². The summed E-state index contributed by atoms with van der Waals surface area (Å²) < 4.78 is 61.4. The third-order valence-electron chi connectivity index (χ3n) is 3.66. The second kappa shape index (κ2) is 8.59. The number of nitrogens with zero attached hydrogens (tertiary/aromatic N) is 1. The van der Waals surface area contributed by atoms with Crippen LogP contribution < -0.4 is 4.74 Å². The maximum absolute atomic E-state index is 13.5. The molecule has 1 aromatic heterocycles. The van der Waals surface area contributed by atoms with Crippen LogP contribution in [-0.4, -0.2) is 29.3 Å². The zero-order chi connectivity index (χ0) is 21.1. The molecular weight excluding hydrogens is 402 g/mol. The highest BCUT2D eigenvalue weighted by atomic mass is 32.1. The van der Waals surface area contributed by atoms with Crippen molar-refractivity contribution in [2.45, 2.75) is 32.8 Å². The Morgan fingerprint density at radius 3 is 2.61 bits per heavy atom. The number of aromatic nitrogens is 1. The molecule has 0 saturated heterocycles. The molecule has 0 aliphatic rings. The summed E-state index contributed by atoms with van der Waals surface area (Å²) in [4.78, 5) is 15.4. The molecule has 1 N–H and O–H groups in total. The van der Waals surface area contributed by atoms with E-state index >= 15 is 0 Å². The number of halogens is 4. The lowest BCUT2D eigenvalue weighted by molar-refractivity contribution is -0.182. The second-order valence-electron chi connectivity index (χ2n) is 5.84. The van der Waals surface area contributed by atoms with Crippen LogP contribution in [0, 0.1) is 13.8 Å². The molecule has 0 fully saturated rings. The zero-order valence-electron chi connectivity index (χ0n) is 15.1. The van der Waals surface area contributed by atoms with Gasteiger partial charge in [0.1, 0.15) is 17.2 Å². The fourth-order valence-electron chi connectivity index (χ4n) is 2.38. The van der Waals surface area contributed by atoms with Crippen LogP contribution in [0.5, 0.6) is 5.88 Å². The normalized spacial score (nSPS) is 13.3. The van der Waals surface area contributed by atoms with E-state index in [1.165, 1.54) is 14.0 Å². The first-order chi connectivity index (χ1) is 13.0. The first-order valence-corrected chi connectivity index (χ1v) is 8.73. The van der Waals surface area contributed by atoms with E-state index in [-0.39, 0.29) is 22.9 Å². The molecule has 2 aromatic rings. The van der Waals surface area contributed by atoms with Gasteiger partial charge < -0.3 is 14.6 Å². The average molecular weight is 419 g/mol. The number of carboxylic acid groups (broad SMARTS) is 1. The number of methoxy groups -OCH3 is 1. The highest BCUT2D eigenvalue weighted by Crippen LogP contribution is 2.40. The van der Waals surface area contributed by atoms with Gasteiger partial charge in [-0.25, -0.2) is 14.2 Å². The third kappa shape index (κ3) is 5.00. The number of carbonyl (C=O) groups is 1. The highest BCUT2D eigenvalue weighted by Gasteiger charge is 2.43. The minimum absolute atomic E-state index is 0.113. The van der Waals surface area contributed by atoms with Gasteiger partial charge in [0.2, 0.25) is 12.1 Å². The first kappa shape index (κ1) is 21.7. The highest BCUT2D eigenvalue weighted by molar-refractivity contribution is 7.11. The number of alkyl halides is 4. The molecule has 1 atom stereocenters. The van der Waals surface area contributed by atoms with Crippen molar-refractivity contribution in [1.82, 2.24) is 4.98 Å². The predicted molar refractivity (Wildman–Crippen MR) is 94.9 cm³/mol. The van der Waals surface area contributed by atoms with E-state index in [0.29, 0.717) is 22.5 Å². The van der Waals surface area contributed by atoms with Crippen molar-refractivity contribution >= 4 is 22.9 Å². The molecule has 0 aliphatic heterocycles. The van der Waals surface area contributed by atoms with Crippen LogP contribution in [0.3, 0.4) is 0 Å². The van der Waals surface area contributed by atoms with E-state index in [1.807, 2.05) is 0 Å². The van der Waals surface area contributed by atoms with Gasteiger partial charge in [-0.05, 0) is 25.0 Å². The van der Waals surface area contributed by atoms with Crippen LogP contribution in [0.1, 0.15) is 32.7 Å². The van der Waals surface area contributed by atoms with Gasteiger partial charge in [0.05, 0.1) is 18.2 Å². The molecule has 152 valence electrons. The van der Waals surface area contributed by atoms with E-state index in [0.717, 1.165) is 11.8 Å². The van der Waals surface area contributed by atoms with Crippen molar-refractivity contribution in [2.24, 2.45) is 0 Å². The minimum atomic E-state index is -5.05. The summed E-state index contributed by atoms with van der Waals surface area (Å²) in [5.41, 5.74) is 1.50. The average Bonchev–Trinajstić information content (AvgIpc) is 2.97. The fourth-order valence-corrected chi connectivity index (χ4v) is 3.25. The molecule has 2 rings (SSSR count). The van der Waals surface area contributed by atoms with Gasteiger partial charge in [-0.3, -0.25) is 0 Å². The predicted octanol–water partition coefficient (Wildman–Crippen LogP) is 4.98. The number of aryl methyl sites for hydroxylation is 2. The Kier molecular flexibility index (Phi) is 6.65. The van der Waals surface area contributed by atoms with Gasteiger partial charge in [0.15, 0.2) is 0 Å². The van der Waals surface area contributed by atoms with Crippen molar-refractivity contribution in [2.75, 3.05) is 7.11 Å². The lowest BCUT2D eigenvalue weighted by Gasteiger charge is -2.12. The van der Waals surface area contributed by atoms with Gasteiger partial charge in [-0.15, -0.1) is 11.3 Å². The summed E-state index contributed by atoms with van der Waals surface area (Å²) in [6.45, 7) is 3.08. The smallest absolute Gasteiger partial charge is 0.426 e. The number of benzene rings is 1. The van der Waals surface area contributed by atoms with Crippen molar-refractivity contribution in [3.05, 3.63) is 51.0 Å². The number of thiazole rings is 1. The van der Waals surface area contributed by atoms with Gasteiger partial charge in [-0.1, -0.05) is 23.8 Å². The SMILES string of the molecule is CO/C=C(/C(=O)O)c1ccc(C)cc1COc1nc(C(F)C(F)(F)F)sc1C. The van der Waals surface area contributed by atoms with Gasteiger partial charge in [-0.2, -0.15) is 13.2 Å². The Morgan fingerprint density at radius 2 is 2.04 bits per heavy atom. The maximum Gasteiger partial charge on any atom is 0.426 e. The summed E-state index contributed by atoms with van der Waals surface area (Å²) in [7, 11) is 1.31. The molecule has 1 unspecified atom stereocenters. The minimum Gasteiger partial charge on any atom is -0.503 e. The summed E-state index contributed by atoms with van der Waals surface area (Å²) in [6.07, 6.45) is -7.17. The number of aliphatic carboxylic acids is 1. The first-order valence-electron chi connectivity index (χ1n) is 7.91. The Hall–Kier alpha value is -2.62. The Bertz CT molecular complexity index is 892. The van der Waals surface area contributed by atoms with E-state index in [1.54, 1.807) is 25.1 Å². The molecule has 0 bridgehead atoms. The number of carboxylic acids is 1. The van der Waals surface area contributed by atoms with E-state index < -0.39 is 23.3 Å². The molecule has 0 radical (unpaired) electrons. The number of rotatable bonds is 7. The maximum atomic E-state index is 13.5.